The summed E-state index contributed by atoms with van der Waals surface area (Å²) in [6.45, 7) is 7.14. The van der Waals surface area contributed by atoms with E-state index < -0.39 is 0 Å². The molecular formula is C19H21NO2. The highest BCUT2D eigenvalue weighted by atomic mass is 16.5. The molecule has 0 unspecified atom stereocenters. The van der Waals surface area contributed by atoms with Gasteiger partial charge in [-0.1, -0.05) is 36.9 Å². The van der Waals surface area contributed by atoms with E-state index in [9.17, 15) is 5.26 Å². The topological polar surface area (TPSA) is 42.2 Å². The van der Waals surface area contributed by atoms with Crippen molar-refractivity contribution in [1.82, 2.24) is 0 Å². The van der Waals surface area contributed by atoms with Crippen molar-refractivity contribution < 1.29 is 9.47 Å². The lowest BCUT2D eigenvalue weighted by Gasteiger charge is -2.24. The number of hydrogen-bond donors (Lipinski definition) is 0. The zero-order valence-electron chi connectivity index (χ0n) is 12.9. The smallest absolute Gasteiger partial charge is 0.137 e. The quantitative estimate of drug-likeness (QED) is 0.762. The maximum absolute atomic E-state index is 9.40. The summed E-state index contributed by atoms with van der Waals surface area (Å²) in [6, 6.07) is 7.95. The Bertz CT molecular complexity index is 617. The van der Waals surface area contributed by atoms with Crippen LogP contribution >= 0.6 is 0 Å². The molecule has 114 valence electrons. The summed E-state index contributed by atoms with van der Waals surface area (Å²) < 4.78 is 11.3. The summed E-state index contributed by atoms with van der Waals surface area (Å²) in [7, 11) is 0. The van der Waals surface area contributed by atoms with E-state index in [-0.39, 0.29) is 6.10 Å². The number of hydrogen-bond acceptors (Lipinski definition) is 3. The standard InChI is InChI=1S/C19H21NO2/c1-3-5-15(6-4-2)16-7-8-19(17(13-16)14-20)22-18-9-11-21-12-10-18/h3-8,13,18H,1,9-12H2,2H3/b6-4-,15-5+. The molecule has 0 saturated carbocycles. The second-order valence-corrected chi connectivity index (χ2v) is 5.11. The molecule has 1 heterocycles. The zero-order chi connectivity index (χ0) is 15.8. The molecule has 1 aliphatic rings. The van der Waals surface area contributed by atoms with E-state index in [1.807, 2.05) is 43.4 Å². The van der Waals surface area contributed by atoms with Gasteiger partial charge >= 0.3 is 0 Å². The van der Waals surface area contributed by atoms with Gasteiger partial charge in [-0.3, -0.25) is 0 Å². The molecule has 1 aromatic rings. The van der Waals surface area contributed by atoms with Crippen molar-refractivity contribution in [3.05, 3.63) is 60.2 Å². The molecule has 2 rings (SSSR count). The van der Waals surface area contributed by atoms with Crippen molar-refractivity contribution in [2.75, 3.05) is 13.2 Å². The summed E-state index contributed by atoms with van der Waals surface area (Å²) in [4.78, 5) is 0. The summed E-state index contributed by atoms with van der Waals surface area (Å²) in [5.74, 6) is 0.650. The Morgan fingerprint density at radius 3 is 2.82 bits per heavy atom. The third-order valence-electron chi connectivity index (χ3n) is 3.54. The van der Waals surface area contributed by atoms with Crippen LogP contribution in [0.1, 0.15) is 30.9 Å². The molecule has 1 saturated heterocycles. The molecule has 0 N–H and O–H groups in total. The van der Waals surface area contributed by atoms with E-state index in [1.54, 1.807) is 6.08 Å². The molecule has 0 radical (unpaired) electrons. The molecule has 0 spiro atoms. The SMILES string of the molecule is C=C/C=C(\C=C/C)c1ccc(OC2CCOCC2)c(C#N)c1. The van der Waals surface area contributed by atoms with Crippen LogP contribution in [0.25, 0.3) is 5.57 Å². The minimum atomic E-state index is 0.130. The van der Waals surface area contributed by atoms with Crippen molar-refractivity contribution in [1.29, 1.82) is 5.26 Å². The fourth-order valence-electron chi connectivity index (χ4n) is 2.43. The zero-order valence-corrected chi connectivity index (χ0v) is 12.9. The van der Waals surface area contributed by atoms with Crippen LogP contribution in [0.3, 0.4) is 0 Å². The molecule has 1 aliphatic heterocycles. The van der Waals surface area contributed by atoms with Crippen molar-refractivity contribution in [2.24, 2.45) is 0 Å². The predicted molar refractivity (Wildman–Crippen MR) is 88.6 cm³/mol. The third kappa shape index (κ3) is 4.09. The number of ether oxygens (including phenoxy) is 2. The Kier molecular flexibility index (Phi) is 6.00. The first-order chi connectivity index (χ1) is 10.8. The largest absolute Gasteiger partial charge is 0.489 e. The molecule has 0 aromatic heterocycles. The van der Waals surface area contributed by atoms with E-state index in [0.717, 1.165) is 37.2 Å². The van der Waals surface area contributed by atoms with Crippen LogP contribution in [0, 0.1) is 11.3 Å². The molecule has 0 aliphatic carbocycles. The fraction of sp³-hybridized carbons (Fsp3) is 0.316. The van der Waals surface area contributed by atoms with Gasteiger partial charge in [0.1, 0.15) is 17.9 Å². The van der Waals surface area contributed by atoms with Crippen LogP contribution in [0.5, 0.6) is 5.75 Å². The second kappa shape index (κ2) is 8.21. The highest BCUT2D eigenvalue weighted by Gasteiger charge is 2.17. The first-order valence-corrected chi connectivity index (χ1v) is 7.52. The van der Waals surface area contributed by atoms with Crippen molar-refractivity contribution >= 4 is 5.57 Å². The molecular weight excluding hydrogens is 274 g/mol. The highest BCUT2D eigenvalue weighted by molar-refractivity contribution is 5.76. The highest BCUT2D eigenvalue weighted by Crippen LogP contribution is 2.27. The number of benzene rings is 1. The average molecular weight is 295 g/mol. The predicted octanol–water partition coefficient (Wildman–Crippen LogP) is 4.26. The number of rotatable bonds is 5. The van der Waals surface area contributed by atoms with Crippen LogP contribution < -0.4 is 4.74 Å². The first kappa shape index (κ1) is 16.1. The third-order valence-corrected chi connectivity index (χ3v) is 3.54. The van der Waals surface area contributed by atoms with Gasteiger partial charge in [0.15, 0.2) is 0 Å². The number of nitrogens with zero attached hydrogens (tertiary/aromatic N) is 1. The Morgan fingerprint density at radius 2 is 2.18 bits per heavy atom. The van der Waals surface area contributed by atoms with Gasteiger partial charge in [0.25, 0.3) is 0 Å². The molecule has 0 atom stereocenters. The monoisotopic (exact) mass is 295 g/mol. The van der Waals surface area contributed by atoms with Gasteiger partial charge < -0.3 is 9.47 Å². The van der Waals surface area contributed by atoms with Gasteiger partial charge in [0.2, 0.25) is 0 Å². The summed E-state index contributed by atoms with van der Waals surface area (Å²) >= 11 is 0. The van der Waals surface area contributed by atoms with Crippen LogP contribution in [-0.4, -0.2) is 19.3 Å². The van der Waals surface area contributed by atoms with Gasteiger partial charge in [-0.25, -0.2) is 0 Å². The minimum Gasteiger partial charge on any atom is -0.489 e. The van der Waals surface area contributed by atoms with Gasteiger partial charge in [-0.2, -0.15) is 5.26 Å². The van der Waals surface area contributed by atoms with Crippen molar-refractivity contribution in [2.45, 2.75) is 25.9 Å². The van der Waals surface area contributed by atoms with Crippen LogP contribution in [0.2, 0.25) is 0 Å². The fourth-order valence-corrected chi connectivity index (χ4v) is 2.43. The van der Waals surface area contributed by atoms with E-state index in [0.29, 0.717) is 11.3 Å². The Morgan fingerprint density at radius 1 is 1.41 bits per heavy atom. The van der Waals surface area contributed by atoms with E-state index in [4.69, 9.17) is 9.47 Å². The Hall–Kier alpha value is -2.31. The van der Waals surface area contributed by atoms with Crippen LogP contribution in [-0.2, 0) is 4.74 Å². The number of nitriles is 1. The molecule has 3 nitrogen and oxygen atoms in total. The van der Waals surface area contributed by atoms with Crippen molar-refractivity contribution in [3.63, 3.8) is 0 Å². The second-order valence-electron chi connectivity index (χ2n) is 5.11. The first-order valence-electron chi connectivity index (χ1n) is 7.52. The molecule has 0 amide bonds. The van der Waals surface area contributed by atoms with Crippen molar-refractivity contribution in [3.8, 4) is 11.8 Å². The summed E-state index contributed by atoms with van der Waals surface area (Å²) in [6.07, 6.45) is 9.50. The van der Waals surface area contributed by atoms with Gasteiger partial charge in [0.05, 0.1) is 18.8 Å². The normalized spacial score (nSPS) is 16.5. The van der Waals surface area contributed by atoms with Gasteiger partial charge in [-0.15, -0.1) is 0 Å². The van der Waals surface area contributed by atoms with E-state index >= 15 is 0 Å². The maximum Gasteiger partial charge on any atom is 0.137 e. The lowest BCUT2D eigenvalue weighted by molar-refractivity contribution is 0.0254. The average Bonchev–Trinajstić information content (AvgIpc) is 2.56. The van der Waals surface area contributed by atoms with E-state index in [2.05, 4.69) is 12.6 Å². The molecule has 1 aromatic carbocycles. The maximum atomic E-state index is 9.40. The number of allylic oxidation sites excluding steroid dienone is 5. The Balaban J connectivity index is 2.25. The minimum absolute atomic E-state index is 0.130. The molecule has 3 heteroatoms. The Labute approximate surface area is 132 Å². The van der Waals surface area contributed by atoms with E-state index in [1.165, 1.54) is 0 Å². The van der Waals surface area contributed by atoms with Gasteiger partial charge in [-0.05, 0) is 30.2 Å². The lowest BCUT2D eigenvalue weighted by atomic mass is 10.0. The lowest BCUT2D eigenvalue weighted by Crippen LogP contribution is -2.26. The molecule has 22 heavy (non-hydrogen) atoms. The summed E-state index contributed by atoms with van der Waals surface area (Å²) in [5.41, 5.74) is 2.56. The van der Waals surface area contributed by atoms with Gasteiger partial charge in [0, 0.05) is 12.8 Å². The van der Waals surface area contributed by atoms with Crippen LogP contribution in [0.15, 0.2) is 49.1 Å². The van der Waals surface area contributed by atoms with Crippen LogP contribution in [0.4, 0.5) is 0 Å². The molecule has 1 fully saturated rings. The summed E-state index contributed by atoms with van der Waals surface area (Å²) in [5, 5.41) is 9.40. The molecule has 0 bridgehead atoms.